The maximum absolute atomic E-state index is 12.4. The minimum absolute atomic E-state index is 0.226. The van der Waals surface area contributed by atoms with Crippen molar-refractivity contribution in [2.24, 2.45) is 5.73 Å². The van der Waals surface area contributed by atoms with Gasteiger partial charge in [0, 0.05) is 11.5 Å². The van der Waals surface area contributed by atoms with Crippen molar-refractivity contribution in [3.8, 4) is 5.69 Å². The molecule has 0 radical (unpaired) electrons. The van der Waals surface area contributed by atoms with E-state index >= 15 is 0 Å². The first-order valence-corrected chi connectivity index (χ1v) is 9.15. The number of nitrogens with zero attached hydrogens (tertiary/aromatic N) is 3. The molecule has 0 saturated heterocycles. The highest BCUT2D eigenvalue weighted by atomic mass is 35.5. The van der Waals surface area contributed by atoms with Gasteiger partial charge in [0.15, 0.2) is 0 Å². The zero-order chi connectivity index (χ0) is 19.8. The van der Waals surface area contributed by atoms with Gasteiger partial charge >= 0.3 is 6.03 Å². The van der Waals surface area contributed by atoms with Crippen LogP contribution < -0.4 is 10.6 Å². The zero-order valence-corrected chi connectivity index (χ0v) is 16.8. The van der Waals surface area contributed by atoms with Gasteiger partial charge in [-0.3, -0.25) is 0 Å². The summed E-state index contributed by atoms with van der Waals surface area (Å²) >= 11 is 12.5. The van der Waals surface area contributed by atoms with E-state index in [9.17, 15) is 4.79 Å². The van der Waals surface area contributed by atoms with Gasteiger partial charge in [0.1, 0.15) is 5.82 Å². The number of amides is 2. The molecule has 7 heteroatoms. The van der Waals surface area contributed by atoms with Gasteiger partial charge in [-0.15, -0.1) is 0 Å². The first-order valence-electron chi connectivity index (χ1n) is 8.39. The molecule has 0 aliphatic heterocycles. The largest absolute Gasteiger partial charge is 0.351 e. The van der Waals surface area contributed by atoms with Crippen molar-refractivity contribution in [2.45, 2.75) is 26.2 Å². The van der Waals surface area contributed by atoms with Crippen LogP contribution in [-0.4, -0.2) is 15.8 Å². The second-order valence-electron chi connectivity index (χ2n) is 7.13. The maximum Gasteiger partial charge on any atom is 0.325 e. The Hall–Kier alpha value is -2.50. The second-order valence-corrected chi connectivity index (χ2v) is 7.92. The molecule has 140 valence electrons. The predicted octanol–water partition coefficient (Wildman–Crippen LogP) is 5.69. The van der Waals surface area contributed by atoms with Crippen LogP contribution >= 0.6 is 23.2 Å². The molecule has 2 amide bonds. The first-order chi connectivity index (χ1) is 12.7. The summed E-state index contributed by atoms with van der Waals surface area (Å²) in [5, 5.41) is 5.31. The summed E-state index contributed by atoms with van der Waals surface area (Å²) in [5.74, 6) is 0.489. The first kappa shape index (κ1) is 19.3. The molecule has 0 unspecified atom stereocenters. The standard InChI is InChI=1S/C20H20Cl2N4O/c1-20(2,3)16-12-17(26(24-16)13-8-5-4-6-9-13)25(19(23)27)15-11-7-10-14(21)18(15)22/h4-12H,1-3H3,(H2,23,27). The van der Waals surface area contributed by atoms with Crippen LogP contribution in [0, 0.1) is 0 Å². The lowest BCUT2D eigenvalue weighted by molar-refractivity contribution is 0.256. The van der Waals surface area contributed by atoms with Crippen LogP contribution in [0.1, 0.15) is 26.5 Å². The average molecular weight is 403 g/mol. The number of carbonyl (C=O) groups is 1. The Morgan fingerprint density at radius 3 is 2.33 bits per heavy atom. The number of halogens is 2. The average Bonchev–Trinajstić information content (AvgIpc) is 3.04. The van der Waals surface area contributed by atoms with Crippen molar-refractivity contribution < 1.29 is 4.79 Å². The molecule has 2 N–H and O–H groups in total. The van der Waals surface area contributed by atoms with E-state index < -0.39 is 6.03 Å². The summed E-state index contributed by atoms with van der Waals surface area (Å²) in [6.45, 7) is 6.15. The Labute approximate surface area is 168 Å². The number of benzene rings is 2. The van der Waals surface area contributed by atoms with Gasteiger partial charge < -0.3 is 5.73 Å². The van der Waals surface area contributed by atoms with Crippen LogP contribution in [0.3, 0.4) is 0 Å². The van der Waals surface area contributed by atoms with Crippen molar-refractivity contribution in [1.82, 2.24) is 9.78 Å². The van der Waals surface area contributed by atoms with Crippen LogP contribution in [0.15, 0.2) is 54.6 Å². The third-order valence-electron chi connectivity index (χ3n) is 4.08. The summed E-state index contributed by atoms with van der Waals surface area (Å²) in [6.07, 6.45) is 0. The van der Waals surface area contributed by atoms with Gasteiger partial charge in [0.05, 0.1) is 27.1 Å². The number of primary amides is 1. The second kappa shape index (κ2) is 7.25. The molecule has 0 saturated carbocycles. The van der Waals surface area contributed by atoms with Crippen molar-refractivity contribution >= 4 is 40.7 Å². The third kappa shape index (κ3) is 3.80. The van der Waals surface area contributed by atoms with Crippen molar-refractivity contribution in [2.75, 3.05) is 4.90 Å². The zero-order valence-electron chi connectivity index (χ0n) is 15.3. The fraction of sp³-hybridized carbons (Fsp3) is 0.200. The van der Waals surface area contributed by atoms with Gasteiger partial charge in [-0.25, -0.2) is 14.4 Å². The lowest BCUT2D eigenvalue weighted by atomic mass is 9.92. The number of nitrogens with two attached hydrogens (primary N) is 1. The van der Waals surface area contributed by atoms with E-state index in [0.717, 1.165) is 11.4 Å². The highest BCUT2D eigenvalue weighted by molar-refractivity contribution is 6.44. The number of hydrogen-bond donors (Lipinski definition) is 1. The van der Waals surface area contributed by atoms with Crippen LogP contribution in [0.4, 0.5) is 16.3 Å². The molecule has 3 aromatic rings. The number of anilines is 2. The lowest BCUT2D eigenvalue weighted by Gasteiger charge is -2.22. The van der Waals surface area contributed by atoms with E-state index in [0.29, 0.717) is 16.5 Å². The molecule has 5 nitrogen and oxygen atoms in total. The molecular formula is C20H20Cl2N4O. The molecule has 0 aliphatic rings. The van der Waals surface area contributed by atoms with Crippen molar-refractivity contribution in [1.29, 1.82) is 0 Å². The maximum atomic E-state index is 12.4. The van der Waals surface area contributed by atoms with Crippen molar-refractivity contribution in [3.63, 3.8) is 0 Å². The van der Waals surface area contributed by atoms with Gasteiger partial charge in [0.25, 0.3) is 0 Å². The van der Waals surface area contributed by atoms with E-state index in [-0.39, 0.29) is 10.4 Å². The monoisotopic (exact) mass is 402 g/mol. The van der Waals surface area contributed by atoms with Crippen LogP contribution in [-0.2, 0) is 5.41 Å². The van der Waals surface area contributed by atoms with Gasteiger partial charge in [-0.2, -0.15) is 5.10 Å². The number of hydrogen-bond acceptors (Lipinski definition) is 2. The summed E-state index contributed by atoms with van der Waals surface area (Å²) < 4.78 is 1.68. The molecular weight excluding hydrogens is 383 g/mol. The number of aromatic nitrogens is 2. The topological polar surface area (TPSA) is 64.2 Å². The summed E-state index contributed by atoms with van der Waals surface area (Å²) in [4.78, 5) is 13.7. The quantitative estimate of drug-likeness (QED) is 0.610. The number of urea groups is 1. The number of rotatable bonds is 3. The van der Waals surface area contributed by atoms with Crippen LogP contribution in [0.5, 0.6) is 0 Å². The van der Waals surface area contributed by atoms with Crippen LogP contribution in [0.25, 0.3) is 5.69 Å². The van der Waals surface area contributed by atoms with Gasteiger partial charge in [-0.1, -0.05) is 68.2 Å². The number of carbonyl (C=O) groups excluding carboxylic acids is 1. The SMILES string of the molecule is CC(C)(C)c1cc(N(C(N)=O)c2cccc(Cl)c2Cl)n(-c2ccccc2)n1. The summed E-state index contributed by atoms with van der Waals surface area (Å²) in [6, 6.07) is 15.7. The third-order valence-corrected chi connectivity index (χ3v) is 4.89. The van der Waals surface area contributed by atoms with E-state index in [1.165, 1.54) is 4.90 Å². The highest BCUT2D eigenvalue weighted by Crippen LogP contribution is 2.38. The van der Waals surface area contributed by atoms with Gasteiger partial charge in [-0.05, 0) is 24.3 Å². The molecule has 2 aromatic carbocycles. The van der Waals surface area contributed by atoms with Crippen LogP contribution in [0.2, 0.25) is 10.0 Å². The van der Waals surface area contributed by atoms with Gasteiger partial charge in [0.2, 0.25) is 0 Å². The van der Waals surface area contributed by atoms with Crippen molar-refractivity contribution in [3.05, 3.63) is 70.3 Å². The Morgan fingerprint density at radius 1 is 1.07 bits per heavy atom. The molecule has 27 heavy (non-hydrogen) atoms. The smallest absolute Gasteiger partial charge is 0.325 e. The Kier molecular flexibility index (Phi) is 5.18. The lowest BCUT2D eigenvalue weighted by Crippen LogP contribution is -2.33. The molecule has 0 bridgehead atoms. The highest BCUT2D eigenvalue weighted by Gasteiger charge is 2.27. The van der Waals surface area contributed by atoms with E-state index in [2.05, 4.69) is 20.8 Å². The fourth-order valence-corrected chi connectivity index (χ4v) is 3.06. The summed E-state index contributed by atoms with van der Waals surface area (Å²) in [5.41, 5.74) is 7.51. The van der Waals surface area contributed by atoms with E-state index in [1.54, 1.807) is 22.9 Å². The Bertz CT molecular complexity index is 977. The predicted molar refractivity (Wildman–Crippen MR) is 110 cm³/mol. The molecule has 0 fully saturated rings. The number of para-hydroxylation sites is 1. The molecule has 1 heterocycles. The van der Waals surface area contributed by atoms with E-state index in [1.807, 2.05) is 36.4 Å². The molecule has 0 aliphatic carbocycles. The molecule has 1 aromatic heterocycles. The Balaban J connectivity index is 2.28. The molecule has 0 spiro atoms. The van der Waals surface area contributed by atoms with E-state index in [4.69, 9.17) is 34.0 Å². The minimum Gasteiger partial charge on any atom is -0.351 e. The Morgan fingerprint density at radius 2 is 1.74 bits per heavy atom. The normalized spacial score (nSPS) is 11.4. The fourth-order valence-electron chi connectivity index (χ4n) is 2.68. The minimum atomic E-state index is -0.684. The molecule has 3 rings (SSSR count). The summed E-state index contributed by atoms with van der Waals surface area (Å²) in [7, 11) is 0. The molecule has 0 atom stereocenters.